The van der Waals surface area contributed by atoms with E-state index >= 15 is 0 Å². The van der Waals surface area contributed by atoms with Gasteiger partial charge >= 0.3 is 0 Å². The molecule has 2 aliphatic heterocycles. The minimum atomic E-state index is 0.0508. The second kappa shape index (κ2) is 2.50. The fourth-order valence-electron chi connectivity index (χ4n) is 1.60. The highest BCUT2D eigenvalue weighted by molar-refractivity contribution is 5.62. The third-order valence-electron chi connectivity index (χ3n) is 2.26. The molecular weight excluding hydrogens is 166 g/mol. The van der Waals surface area contributed by atoms with Crippen molar-refractivity contribution in [3.05, 3.63) is 35.6 Å². The molecule has 1 atom stereocenters. The number of hydroxylamine groups is 1. The first-order valence-corrected chi connectivity index (χ1v) is 4.30. The first-order chi connectivity index (χ1) is 6.43. The summed E-state index contributed by atoms with van der Waals surface area (Å²) >= 11 is 0. The Hall–Kier alpha value is -1.48. The Kier molecular flexibility index (Phi) is 1.34. The fraction of sp³-hybridized carbons (Fsp3) is 0.200. The maximum absolute atomic E-state index is 5.70. The number of fused-ring (bicyclic) bond motifs is 2. The van der Waals surface area contributed by atoms with Crippen molar-refractivity contribution < 1.29 is 9.57 Å². The predicted molar refractivity (Wildman–Crippen MR) is 47.9 cm³/mol. The van der Waals surface area contributed by atoms with Crippen LogP contribution in [0, 0.1) is 0 Å². The summed E-state index contributed by atoms with van der Waals surface area (Å²) in [6.07, 6.45) is 2.07. The molecule has 1 saturated heterocycles. The van der Waals surface area contributed by atoms with Crippen molar-refractivity contribution in [3.8, 4) is 5.75 Å². The van der Waals surface area contributed by atoms with Crippen LogP contribution in [0.5, 0.6) is 5.75 Å². The van der Waals surface area contributed by atoms with Crippen LogP contribution in [-0.2, 0) is 4.84 Å². The van der Waals surface area contributed by atoms with Gasteiger partial charge in [0, 0.05) is 5.56 Å². The molecule has 66 valence electrons. The molecule has 0 aliphatic carbocycles. The van der Waals surface area contributed by atoms with Gasteiger partial charge in [-0.1, -0.05) is 18.2 Å². The smallest absolute Gasteiger partial charge is 0.174 e. The van der Waals surface area contributed by atoms with Gasteiger partial charge in [-0.25, -0.2) is 0 Å². The standard InChI is InChI=1S/C10H9NO2/c1-2-4-8-7(3-1)5-9-10(12-8)6-11-13-9/h1-5,10-11H,6H2. The minimum Gasteiger partial charge on any atom is -0.480 e. The first-order valence-electron chi connectivity index (χ1n) is 4.30. The van der Waals surface area contributed by atoms with Gasteiger partial charge in [0.1, 0.15) is 5.75 Å². The van der Waals surface area contributed by atoms with Gasteiger partial charge < -0.3 is 9.57 Å². The van der Waals surface area contributed by atoms with E-state index in [1.54, 1.807) is 0 Å². The Morgan fingerprint density at radius 3 is 3.23 bits per heavy atom. The zero-order valence-electron chi connectivity index (χ0n) is 6.99. The van der Waals surface area contributed by atoms with Crippen LogP contribution in [0.3, 0.4) is 0 Å². The molecular formula is C10H9NO2. The van der Waals surface area contributed by atoms with Crippen molar-refractivity contribution in [3.63, 3.8) is 0 Å². The van der Waals surface area contributed by atoms with Crippen molar-refractivity contribution in [1.29, 1.82) is 0 Å². The van der Waals surface area contributed by atoms with Crippen molar-refractivity contribution in [2.45, 2.75) is 6.10 Å². The molecule has 2 aliphatic rings. The van der Waals surface area contributed by atoms with Crippen LogP contribution in [-0.4, -0.2) is 12.6 Å². The highest BCUT2D eigenvalue weighted by atomic mass is 16.7. The predicted octanol–water partition coefficient (Wildman–Crippen LogP) is 1.32. The average molecular weight is 175 g/mol. The van der Waals surface area contributed by atoms with Gasteiger partial charge in [0.15, 0.2) is 11.9 Å². The summed E-state index contributed by atoms with van der Waals surface area (Å²) in [5.74, 6) is 1.81. The number of para-hydroxylation sites is 1. The molecule has 1 aromatic rings. The van der Waals surface area contributed by atoms with Gasteiger partial charge in [-0.05, 0) is 12.1 Å². The molecule has 3 nitrogen and oxygen atoms in total. The average Bonchev–Trinajstić information content (AvgIpc) is 2.61. The Morgan fingerprint density at radius 2 is 2.23 bits per heavy atom. The minimum absolute atomic E-state index is 0.0508. The summed E-state index contributed by atoms with van der Waals surface area (Å²) in [5, 5.41) is 0. The van der Waals surface area contributed by atoms with Gasteiger partial charge in [-0.15, -0.1) is 0 Å². The van der Waals surface area contributed by atoms with E-state index in [1.807, 2.05) is 30.3 Å². The Bertz CT molecular complexity index is 373. The number of benzene rings is 1. The molecule has 1 aromatic carbocycles. The van der Waals surface area contributed by atoms with Gasteiger partial charge in [0.2, 0.25) is 0 Å². The number of nitrogens with one attached hydrogen (secondary N) is 1. The lowest BCUT2D eigenvalue weighted by molar-refractivity contribution is 0.150. The zero-order valence-corrected chi connectivity index (χ0v) is 6.99. The molecule has 1 N–H and O–H groups in total. The normalized spacial score (nSPS) is 23.7. The van der Waals surface area contributed by atoms with E-state index in [0.717, 1.165) is 23.6 Å². The van der Waals surface area contributed by atoms with Crippen LogP contribution < -0.4 is 10.2 Å². The Morgan fingerprint density at radius 1 is 1.31 bits per heavy atom. The molecule has 0 bridgehead atoms. The van der Waals surface area contributed by atoms with Crippen LogP contribution in [0.15, 0.2) is 30.0 Å². The largest absolute Gasteiger partial charge is 0.480 e. The summed E-state index contributed by atoms with van der Waals surface area (Å²) < 4.78 is 5.70. The van der Waals surface area contributed by atoms with E-state index in [-0.39, 0.29) is 6.10 Å². The lowest BCUT2D eigenvalue weighted by atomic mass is 10.1. The molecule has 0 radical (unpaired) electrons. The molecule has 0 aromatic heterocycles. The van der Waals surface area contributed by atoms with Crippen molar-refractivity contribution in [1.82, 2.24) is 5.48 Å². The maximum Gasteiger partial charge on any atom is 0.174 e. The van der Waals surface area contributed by atoms with Crippen LogP contribution in [0.2, 0.25) is 0 Å². The molecule has 0 amide bonds. The van der Waals surface area contributed by atoms with E-state index in [9.17, 15) is 0 Å². The molecule has 1 unspecified atom stereocenters. The summed E-state index contributed by atoms with van der Waals surface area (Å²) in [7, 11) is 0. The topological polar surface area (TPSA) is 30.5 Å². The van der Waals surface area contributed by atoms with Gasteiger partial charge in [-0.2, -0.15) is 5.48 Å². The molecule has 0 spiro atoms. The molecule has 13 heavy (non-hydrogen) atoms. The second-order valence-corrected chi connectivity index (χ2v) is 3.14. The lowest BCUT2D eigenvalue weighted by Gasteiger charge is -2.18. The van der Waals surface area contributed by atoms with Crippen LogP contribution in [0.4, 0.5) is 0 Å². The van der Waals surface area contributed by atoms with Gasteiger partial charge in [0.25, 0.3) is 0 Å². The lowest BCUT2D eigenvalue weighted by Crippen LogP contribution is -2.23. The van der Waals surface area contributed by atoms with Crippen molar-refractivity contribution in [2.75, 3.05) is 6.54 Å². The van der Waals surface area contributed by atoms with E-state index in [0.29, 0.717) is 0 Å². The number of hydrogen-bond donors (Lipinski definition) is 1. The third kappa shape index (κ3) is 1.01. The maximum atomic E-state index is 5.70. The monoisotopic (exact) mass is 175 g/mol. The SMILES string of the molecule is C1=C2ONCC2Oc2ccccc21. The van der Waals surface area contributed by atoms with Crippen molar-refractivity contribution >= 4 is 6.08 Å². The Labute approximate surface area is 75.9 Å². The van der Waals surface area contributed by atoms with Crippen LogP contribution in [0.25, 0.3) is 6.08 Å². The highest BCUT2D eigenvalue weighted by Gasteiger charge is 2.28. The zero-order chi connectivity index (χ0) is 8.67. The number of rotatable bonds is 0. The molecule has 0 saturated carbocycles. The quantitative estimate of drug-likeness (QED) is 0.645. The summed E-state index contributed by atoms with van der Waals surface area (Å²) in [6.45, 7) is 0.722. The molecule has 1 fully saturated rings. The first kappa shape index (κ1) is 6.97. The molecule has 3 heteroatoms. The fourth-order valence-corrected chi connectivity index (χ4v) is 1.60. The van der Waals surface area contributed by atoms with Gasteiger partial charge in [-0.3, -0.25) is 0 Å². The number of ether oxygens (including phenoxy) is 1. The second-order valence-electron chi connectivity index (χ2n) is 3.14. The van der Waals surface area contributed by atoms with Gasteiger partial charge in [0.05, 0.1) is 6.54 Å². The van der Waals surface area contributed by atoms with Crippen molar-refractivity contribution in [2.24, 2.45) is 0 Å². The van der Waals surface area contributed by atoms with E-state index in [1.165, 1.54) is 0 Å². The summed E-state index contributed by atoms with van der Waals surface area (Å²) in [6, 6.07) is 7.95. The van der Waals surface area contributed by atoms with E-state index in [4.69, 9.17) is 9.57 Å². The summed E-state index contributed by atoms with van der Waals surface area (Å²) in [5.41, 5.74) is 3.89. The van der Waals surface area contributed by atoms with E-state index < -0.39 is 0 Å². The highest BCUT2D eigenvalue weighted by Crippen LogP contribution is 2.30. The molecule has 2 heterocycles. The third-order valence-corrected chi connectivity index (χ3v) is 2.26. The summed E-state index contributed by atoms with van der Waals surface area (Å²) in [4.78, 5) is 5.20. The number of hydrogen-bond acceptors (Lipinski definition) is 3. The molecule has 3 rings (SSSR count). The van der Waals surface area contributed by atoms with Crippen LogP contribution >= 0.6 is 0 Å². The van der Waals surface area contributed by atoms with E-state index in [2.05, 4.69) is 5.48 Å². The van der Waals surface area contributed by atoms with Crippen LogP contribution in [0.1, 0.15) is 5.56 Å². The Balaban J connectivity index is 2.10.